The molecule has 8 nitrogen and oxygen atoms in total. The van der Waals surface area contributed by atoms with Gasteiger partial charge in [0, 0.05) is 44.1 Å². The van der Waals surface area contributed by atoms with Crippen molar-refractivity contribution in [3.63, 3.8) is 0 Å². The quantitative estimate of drug-likeness (QED) is 0.373. The van der Waals surface area contributed by atoms with Crippen LogP contribution in [-0.2, 0) is 17.8 Å². The highest BCUT2D eigenvalue weighted by Crippen LogP contribution is 2.21. The molecule has 0 unspecified atom stereocenters. The van der Waals surface area contributed by atoms with Gasteiger partial charge in [0.15, 0.2) is 11.8 Å². The number of hydrogen-bond donors (Lipinski definition) is 2. The van der Waals surface area contributed by atoms with Gasteiger partial charge in [0.05, 0.1) is 6.54 Å². The zero-order chi connectivity index (χ0) is 21.3. The molecule has 0 saturated carbocycles. The summed E-state index contributed by atoms with van der Waals surface area (Å²) in [5.41, 5.74) is 2.08. The number of guanidine groups is 1. The SMILES string of the molecule is CCNC(=NCc1ccc(N2CCCC2=O)cc1)NCCCc1nc(C(C)C)no1. The highest BCUT2D eigenvalue weighted by atomic mass is 16.5. The maximum absolute atomic E-state index is 11.9. The van der Waals surface area contributed by atoms with Crippen molar-refractivity contribution < 1.29 is 9.32 Å². The Kier molecular flexibility index (Phi) is 7.82. The fraction of sp³-hybridized carbons (Fsp3) is 0.545. The molecule has 1 aliphatic heterocycles. The van der Waals surface area contributed by atoms with Crippen molar-refractivity contribution in [3.05, 3.63) is 41.5 Å². The molecular formula is C22H32N6O2. The van der Waals surface area contributed by atoms with E-state index in [4.69, 9.17) is 4.52 Å². The zero-order valence-electron chi connectivity index (χ0n) is 18.1. The van der Waals surface area contributed by atoms with E-state index in [0.29, 0.717) is 18.9 Å². The number of carbonyl (C=O) groups excluding carboxylic acids is 1. The Morgan fingerprint density at radius 3 is 2.70 bits per heavy atom. The first kappa shape index (κ1) is 21.8. The molecule has 1 saturated heterocycles. The predicted octanol–water partition coefficient (Wildman–Crippen LogP) is 3.01. The molecule has 3 rings (SSSR count). The summed E-state index contributed by atoms with van der Waals surface area (Å²) in [5.74, 6) is 2.70. The third kappa shape index (κ3) is 6.05. The van der Waals surface area contributed by atoms with Crippen LogP contribution in [0.5, 0.6) is 0 Å². The summed E-state index contributed by atoms with van der Waals surface area (Å²) >= 11 is 0. The molecule has 0 bridgehead atoms. The normalized spacial score (nSPS) is 14.6. The van der Waals surface area contributed by atoms with Crippen LogP contribution in [0.4, 0.5) is 5.69 Å². The Morgan fingerprint density at radius 1 is 1.27 bits per heavy atom. The number of nitrogens with zero attached hydrogens (tertiary/aromatic N) is 4. The topological polar surface area (TPSA) is 95.7 Å². The number of aryl methyl sites for hydroxylation is 1. The van der Waals surface area contributed by atoms with Crippen molar-refractivity contribution in [1.82, 2.24) is 20.8 Å². The van der Waals surface area contributed by atoms with Crippen LogP contribution < -0.4 is 15.5 Å². The molecule has 0 aliphatic carbocycles. The van der Waals surface area contributed by atoms with Crippen molar-refractivity contribution in [3.8, 4) is 0 Å². The Balaban J connectivity index is 1.47. The molecular weight excluding hydrogens is 380 g/mol. The van der Waals surface area contributed by atoms with Gasteiger partial charge in [-0.05, 0) is 37.5 Å². The minimum atomic E-state index is 0.209. The van der Waals surface area contributed by atoms with E-state index < -0.39 is 0 Å². The van der Waals surface area contributed by atoms with Crippen LogP contribution in [-0.4, -0.2) is 41.6 Å². The molecule has 2 N–H and O–H groups in total. The van der Waals surface area contributed by atoms with Crippen molar-refractivity contribution in [2.24, 2.45) is 4.99 Å². The summed E-state index contributed by atoms with van der Waals surface area (Å²) in [4.78, 5) is 22.8. The van der Waals surface area contributed by atoms with Crippen LogP contribution >= 0.6 is 0 Å². The van der Waals surface area contributed by atoms with E-state index in [1.165, 1.54) is 0 Å². The van der Waals surface area contributed by atoms with Crippen molar-refractivity contribution in [1.29, 1.82) is 0 Å². The van der Waals surface area contributed by atoms with E-state index in [0.717, 1.165) is 61.9 Å². The van der Waals surface area contributed by atoms with E-state index in [9.17, 15) is 4.79 Å². The summed E-state index contributed by atoms with van der Waals surface area (Å²) in [6.45, 7) is 9.09. The number of hydrogen-bond acceptors (Lipinski definition) is 5. The Morgan fingerprint density at radius 2 is 2.07 bits per heavy atom. The molecule has 2 heterocycles. The van der Waals surface area contributed by atoms with Gasteiger partial charge in [-0.15, -0.1) is 0 Å². The first-order valence-electron chi connectivity index (χ1n) is 10.8. The first-order valence-corrected chi connectivity index (χ1v) is 10.8. The lowest BCUT2D eigenvalue weighted by Crippen LogP contribution is -2.37. The Bertz CT molecular complexity index is 844. The zero-order valence-corrected chi connectivity index (χ0v) is 18.1. The molecule has 1 aliphatic rings. The van der Waals surface area contributed by atoms with Crippen LogP contribution in [0.2, 0.25) is 0 Å². The minimum absolute atomic E-state index is 0.209. The van der Waals surface area contributed by atoms with Crippen LogP contribution in [0.25, 0.3) is 0 Å². The van der Waals surface area contributed by atoms with Crippen molar-refractivity contribution in [2.45, 2.75) is 58.9 Å². The Hall–Kier alpha value is -2.90. The van der Waals surface area contributed by atoms with E-state index in [2.05, 4.69) is 39.6 Å². The van der Waals surface area contributed by atoms with Gasteiger partial charge >= 0.3 is 0 Å². The van der Waals surface area contributed by atoms with Gasteiger partial charge in [0.1, 0.15) is 0 Å². The average Bonchev–Trinajstić information content (AvgIpc) is 3.39. The number of benzene rings is 1. The number of aliphatic imine (C=N–C) groups is 1. The van der Waals surface area contributed by atoms with Gasteiger partial charge < -0.3 is 20.1 Å². The fourth-order valence-corrected chi connectivity index (χ4v) is 3.27. The van der Waals surface area contributed by atoms with Crippen LogP contribution in [0.1, 0.15) is 63.2 Å². The lowest BCUT2D eigenvalue weighted by atomic mass is 10.2. The third-order valence-corrected chi connectivity index (χ3v) is 4.95. The molecule has 8 heteroatoms. The van der Waals surface area contributed by atoms with Gasteiger partial charge in [-0.25, -0.2) is 4.99 Å². The fourth-order valence-electron chi connectivity index (χ4n) is 3.27. The smallest absolute Gasteiger partial charge is 0.227 e. The lowest BCUT2D eigenvalue weighted by molar-refractivity contribution is -0.117. The molecule has 1 fully saturated rings. The van der Waals surface area contributed by atoms with E-state index in [-0.39, 0.29) is 11.8 Å². The lowest BCUT2D eigenvalue weighted by Gasteiger charge is -2.15. The molecule has 0 radical (unpaired) electrons. The molecule has 1 aromatic carbocycles. The van der Waals surface area contributed by atoms with Crippen molar-refractivity contribution in [2.75, 3.05) is 24.5 Å². The summed E-state index contributed by atoms with van der Waals surface area (Å²) in [6, 6.07) is 8.08. The van der Waals surface area contributed by atoms with Gasteiger partial charge in [-0.1, -0.05) is 31.1 Å². The third-order valence-electron chi connectivity index (χ3n) is 4.95. The average molecular weight is 413 g/mol. The first-order chi connectivity index (χ1) is 14.6. The maximum Gasteiger partial charge on any atom is 0.227 e. The molecule has 162 valence electrons. The maximum atomic E-state index is 11.9. The van der Waals surface area contributed by atoms with Crippen LogP contribution in [0.15, 0.2) is 33.8 Å². The standard InChI is InChI=1S/C22H32N6O2/c1-4-23-22(24-13-5-7-19-26-21(16(2)3)27-30-19)25-15-17-9-11-18(12-10-17)28-14-6-8-20(28)29/h9-12,16H,4-8,13-15H2,1-3H3,(H2,23,24,25). The second-order valence-electron chi connectivity index (χ2n) is 7.74. The van der Waals surface area contributed by atoms with Gasteiger partial charge in [-0.2, -0.15) is 4.98 Å². The summed E-state index contributed by atoms with van der Waals surface area (Å²) < 4.78 is 5.28. The van der Waals surface area contributed by atoms with E-state index in [1.807, 2.05) is 36.1 Å². The van der Waals surface area contributed by atoms with Gasteiger partial charge in [-0.3, -0.25) is 4.79 Å². The molecule has 0 atom stereocenters. The summed E-state index contributed by atoms with van der Waals surface area (Å²) in [6.07, 6.45) is 3.20. The molecule has 30 heavy (non-hydrogen) atoms. The second-order valence-corrected chi connectivity index (χ2v) is 7.74. The van der Waals surface area contributed by atoms with Crippen LogP contribution in [0.3, 0.4) is 0 Å². The largest absolute Gasteiger partial charge is 0.357 e. The number of anilines is 1. The predicted molar refractivity (Wildman–Crippen MR) is 118 cm³/mol. The molecule has 0 spiro atoms. The van der Waals surface area contributed by atoms with Crippen LogP contribution in [0, 0.1) is 0 Å². The highest BCUT2D eigenvalue weighted by molar-refractivity contribution is 5.95. The molecule has 2 aromatic rings. The number of amides is 1. The number of aromatic nitrogens is 2. The van der Waals surface area contributed by atoms with Gasteiger partial charge in [0.25, 0.3) is 0 Å². The Labute approximate surface area is 178 Å². The summed E-state index contributed by atoms with van der Waals surface area (Å²) in [5, 5.41) is 10.6. The highest BCUT2D eigenvalue weighted by Gasteiger charge is 2.21. The van der Waals surface area contributed by atoms with Gasteiger partial charge in [0.2, 0.25) is 11.8 Å². The number of nitrogens with one attached hydrogen (secondary N) is 2. The number of carbonyl (C=O) groups is 1. The second kappa shape index (κ2) is 10.8. The number of rotatable bonds is 9. The molecule has 1 amide bonds. The monoisotopic (exact) mass is 412 g/mol. The van der Waals surface area contributed by atoms with Crippen molar-refractivity contribution >= 4 is 17.6 Å². The van der Waals surface area contributed by atoms with E-state index in [1.54, 1.807) is 0 Å². The summed E-state index contributed by atoms with van der Waals surface area (Å²) in [7, 11) is 0. The minimum Gasteiger partial charge on any atom is -0.357 e. The molecule has 1 aromatic heterocycles. The van der Waals surface area contributed by atoms with E-state index >= 15 is 0 Å².